The number of nitrogens with two attached hydrogens (primary N) is 1. The molecule has 1 aliphatic heterocycles. The molecule has 1 heterocycles. The summed E-state index contributed by atoms with van der Waals surface area (Å²) in [5.41, 5.74) is 7.37. The summed E-state index contributed by atoms with van der Waals surface area (Å²) in [6.45, 7) is -0.344. The second kappa shape index (κ2) is 6.33. The van der Waals surface area contributed by atoms with Crippen LogP contribution in [0.25, 0.3) is 0 Å². The van der Waals surface area contributed by atoms with Gasteiger partial charge in [0.25, 0.3) is 0 Å². The van der Waals surface area contributed by atoms with Gasteiger partial charge in [-0.25, -0.2) is 0 Å². The summed E-state index contributed by atoms with van der Waals surface area (Å²) in [6.07, 6.45) is 1.24. The number of fused-ring (bicyclic) bond motifs is 1. The summed E-state index contributed by atoms with van der Waals surface area (Å²) in [6, 6.07) is 6.70. The molecule has 1 aromatic rings. The molecule has 3 N–H and O–H groups in total. The molecule has 0 bridgehead atoms. The number of hydrogen-bond donors (Lipinski definition) is 2. The minimum atomic E-state index is -1.04. The van der Waals surface area contributed by atoms with Crippen LogP contribution in [0.2, 0.25) is 0 Å². The molecule has 1 unspecified atom stereocenters. The quantitative estimate of drug-likeness (QED) is 0.715. The molecule has 1 amide bonds. The van der Waals surface area contributed by atoms with Crippen molar-refractivity contribution in [1.29, 1.82) is 0 Å². The minimum absolute atomic E-state index is 0. The van der Waals surface area contributed by atoms with Gasteiger partial charge in [-0.1, -0.05) is 18.2 Å². The molecule has 92 valence electrons. The van der Waals surface area contributed by atoms with Crippen molar-refractivity contribution in [2.24, 2.45) is 5.73 Å². The van der Waals surface area contributed by atoms with Crippen molar-refractivity contribution in [1.82, 2.24) is 0 Å². The fraction of sp³-hybridized carbons (Fsp3) is 0.333. The van der Waals surface area contributed by atoms with Crippen LogP contribution in [-0.2, 0) is 16.0 Å². The second-order valence-electron chi connectivity index (χ2n) is 4.09. The Bertz CT molecular complexity index is 464. The number of aliphatic carboxylic acids is 1. The van der Waals surface area contributed by atoms with Gasteiger partial charge in [0.1, 0.15) is 6.54 Å². The SMILES string of the molecule is NC1CCc2ccccc2N(CC(=O)O)C1=O.[NaH]. The Morgan fingerprint density at radius 3 is 2.78 bits per heavy atom. The average molecular weight is 258 g/mol. The Hall–Kier alpha value is -0.880. The van der Waals surface area contributed by atoms with Crippen molar-refractivity contribution in [3.05, 3.63) is 29.8 Å². The Balaban J connectivity index is 0.00000162. The number of nitrogens with zero attached hydrogens (tertiary/aromatic N) is 1. The van der Waals surface area contributed by atoms with Gasteiger partial charge in [-0.15, -0.1) is 0 Å². The Morgan fingerprint density at radius 2 is 2.11 bits per heavy atom. The van der Waals surface area contributed by atoms with E-state index in [-0.39, 0.29) is 42.0 Å². The van der Waals surface area contributed by atoms with Crippen molar-refractivity contribution in [3.8, 4) is 0 Å². The maximum atomic E-state index is 12.0. The molecule has 18 heavy (non-hydrogen) atoms. The number of para-hydroxylation sites is 1. The summed E-state index contributed by atoms with van der Waals surface area (Å²) in [5, 5.41) is 8.85. The van der Waals surface area contributed by atoms with Gasteiger partial charge in [0, 0.05) is 5.69 Å². The van der Waals surface area contributed by atoms with Crippen LogP contribution in [-0.4, -0.2) is 59.1 Å². The Kier molecular flexibility index (Phi) is 5.34. The van der Waals surface area contributed by atoms with E-state index in [0.717, 1.165) is 5.56 Å². The molecular weight excluding hydrogens is 243 g/mol. The number of hydrogen-bond acceptors (Lipinski definition) is 3. The molecule has 1 atom stereocenters. The predicted octanol–water partition coefficient (Wildman–Crippen LogP) is -0.271. The second-order valence-corrected chi connectivity index (χ2v) is 4.09. The number of carbonyl (C=O) groups excluding carboxylic acids is 1. The van der Waals surface area contributed by atoms with Crippen molar-refractivity contribution in [2.75, 3.05) is 11.4 Å². The van der Waals surface area contributed by atoms with Crippen LogP contribution in [0.15, 0.2) is 24.3 Å². The maximum absolute atomic E-state index is 12.0. The summed E-state index contributed by atoms with van der Waals surface area (Å²) in [7, 11) is 0. The summed E-state index contributed by atoms with van der Waals surface area (Å²) < 4.78 is 0. The van der Waals surface area contributed by atoms with E-state index in [1.165, 1.54) is 4.90 Å². The van der Waals surface area contributed by atoms with Gasteiger partial charge in [-0.3, -0.25) is 14.5 Å². The normalized spacial score (nSPS) is 18.6. The van der Waals surface area contributed by atoms with E-state index in [1.807, 2.05) is 12.1 Å². The van der Waals surface area contributed by atoms with Crippen LogP contribution in [0.4, 0.5) is 5.69 Å². The monoisotopic (exact) mass is 258 g/mol. The van der Waals surface area contributed by atoms with E-state index in [9.17, 15) is 9.59 Å². The fourth-order valence-electron chi connectivity index (χ4n) is 2.04. The third-order valence-corrected chi connectivity index (χ3v) is 2.88. The molecule has 0 aliphatic carbocycles. The first kappa shape index (κ1) is 15.2. The fourth-order valence-corrected chi connectivity index (χ4v) is 2.04. The average Bonchev–Trinajstić information content (AvgIpc) is 2.42. The zero-order valence-corrected chi connectivity index (χ0v) is 9.30. The van der Waals surface area contributed by atoms with Gasteiger partial charge in [-0.2, -0.15) is 0 Å². The topological polar surface area (TPSA) is 83.6 Å². The summed E-state index contributed by atoms with van der Waals surface area (Å²) in [5.74, 6) is -1.36. The van der Waals surface area contributed by atoms with Gasteiger partial charge >= 0.3 is 35.5 Å². The third-order valence-electron chi connectivity index (χ3n) is 2.88. The van der Waals surface area contributed by atoms with Crippen LogP contribution in [0, 0.1) is 0 Å². The molecule has 0 spiro atoms. The van der Waals surface area contributed by atoms with Gasteiger partial charge < -0.3 is 10.8 Å². The number of aryl methyl sites for hydroxylation is 1. The first-order chi connectivity index (χ1) is 8.09. The Morgan fingerprint density at radius 1 is 1.44 bits per heavy atom. The number of carboxylic acids is 1. The van der Waals surface area contributed by atoms with E-state index in [1.54, 1.807) is 12.1 Å². The van der Waals surface area contributed by atoms with Crippen molar-refractivity contribution in [2.45, 2.75) is 18.9 Å². The van der Waals surface area contributed by atoms with Gasteiger partial charge in [0.2, 0.25) is 5.91 Å². The molecule has 0 saturated heterocycles. The van der Waals surface area contributed by atoms with E-state index in [2.05, 4.69) is 0 Å². The van der Waals surface area contributed by atoms with Crippen LogP contribution in [0.1, 0.15) is 12.0 Å². The molecular formula is C12H15N2NaO3. The van der Waals surface area contributed by atoms with E-state index in [0.29, 0.717) is 18.5 Å². The zero-order chi connectivity index (χ0) is 12.4. The van der Waals surface area contributed by atoms with Gasteiger partial charge in [0.05, 0.1) is 6.04 Å². The van der Waals surface area contributed by atoms with Crippen molar-refractivity contribution < 1.29 is 14.7 Å². The van der Waals surface area contributed by atoms with E-state index < -0.39 is 12.0 Å². The molecule has 1 aliphatic rings. The van der Waals surface area contributed by atoms with Crippen molar-refractivity contribution >= 4 is 47.1 Å². The zero-order valence-electron chi connectivity index (χ0n) is 9.30. The van der Waals surface area contributed by atoms with Crippen LogP contribution < -0.4 is 10.6 Å². The number of rotatable bonds is 2. The number of anilines is 1. The molecule has 0 radical (unpaired) electrons. The number of amides is 1. The number of benzene rings is 1. The predicted molar refractivity (Wildman–Crippen MR) is 69.9 cm³/mol. The van der Waals surface area contributed by atoms with Gasteiger partial charge in [-0.05, 0) is 24.5 Å². The Labute approximate surface area is 127 Å². The molecule has 0 saturated carbocycles. The van der Waals surface area contributed by atoms with E-state index in [4.69, 9.17) is 10.8 Å². The summed E-state index contributed by atoms with van der Waals surface area (Å²) in [4.78, 5) is 24.0. The first-order valence-electron chi connectivity index (χ1n) is 5.46. The summed E-state index contributed by atoms with van der Waals surface area (Å²) >= 11 is 0. The molecule has 5 nitrogen and oxygen atoms in total. The molecule has 0 aromatic heterocycles. The number of carbonyl (C=O) groups is 2. The van der Waals surface area contributed by atoms with Gasteiger partial charge in [0.15, 0.2) is 0 Å². The molecule has 2 rings (SSSR count). The molecule has 6 heteroatoms. The number of carboxylic acid groups (broad SMARTS) is 1. The van der Waals surface area contributed by atoms with Crippen LogP contribution in [0.3, 0.4) is 0 Å². The third kappa shape index (κ3) is 3.11. The van der Waals surface area contributed by atoms with Crippen LogP contribution >= 0.6 is 0 Å². The van der Waals surface area contributed by atoms with E-state index >= 15 is 0 Å². The standard InChI is InChI=1S/C12H14N2O3.Na.H/c13-9-6-5-8-3-1-2-4-10(8)14(12(9)17)7-11(15)16;;/h1-4,9H,5-7,13H2,(H,15,16);;. The molecule has 1 aromatic carbocycles. The van der Waals surface area contributed by atoms with Crippen LogP contribution in [0.5, 0.6) is 0 Å². The molecule has 0 fully saturated rings. The first-order valence-corrected chi connectivity index (χ1v) is 5.46. The van der Waals surface area contributed by atoms with Crippen molar-refractivity contribution in [3.63, 3.8) is 0 Å².